The highest BCUT2D eigenvalue weighted by atomic mass is 28.4. The van der Waals surface area contributed by atoms with Gasteiger partial charge in [0.2, 0.25) is 0 Å². The molecule has 0 saturated carbocycles. The second-order valence-electron chi connectivity index (χ2n) is 4.59. The summed E-state index contributed by atoms with van der Waals surface area (Å²) < 4.78 is 67.5. The minimum absolute atomic E-state index is 0.141. The Kier molecular flexibility index (Phi) is 6.77. The first-order valence-corrected chi connectivity index (χ1v) is 8.67. The van der Waals surface area contributed by atoms with Crippen LogP contribution in [-0.4, -0.2) is 27.5 Å². The van der Waals surface area contributed by atoms with Gasteiger partial charge in [-0.2, -0.15) is 22.0 Å². The van der Waals surface area contributed by atoms with Gasteiger partial charge in [0.15, 0.2) is 8.32 Å². The molecule has 0 rings (SSSR count). The first kappa shape index (κ1) is 17.8. The first-order valence-electron chi connectivity index (χ1n) is 6.14. The van der Waals surface area contributed by atoms with Crippen molar-refractivity contribution in [3.63, 3.8) is 0 Å². The Labute approximate surface area is 106 Å². The van der Waals surface area contributed by atoms with E-state index in [0.717, 1.165) is 12.8 Å². The molecule has 1 nitrogen and oxygen atoms in total. The average molecular weight is 292 g/mol. The van der Waals surface area contributed by atoms with Gasteiger partial charge in [0.1, 0.15) is 0 Å². The molecule has 0 aliphatic rings. The monoisotopic (exact) mass is 292 g/mol. The molecule has 0 spiro atoms. The summed E-state index contributed by atoms with van der Waals surface area (Å²) in [5.74, 6) is -4.61. The van der Waals surface area contributed by atoms with Gasteiger partial charge >= 0.3 is 12.1 Å². The van der Waals surface area contributed by atoms with Gasteiger partial charge in [-0.15, -0.1) is 0 Å². The summed E-state index contributed by atoms with van der Waals surface area (Å²) in [6, 6.07) is 1.12. The lowest BCUT2D eigenvalue weighted by Crippen LogP contribution is -2.42. The van der Waals surface area contributed by atoms with Crippen molar-refractivity contribution in [3.8, 4) is 0 Å². The zero-order valence-corrected chi connectivity index (χ0v) is 12.0. The van der Waals surface area contributed by atoms with Crippen molar-refractivity contribution in [1.29, 1.82) is 0 Å². The second-order valence-corrected chi connectivity index (χ2v) is 8.86. The summed E-state index contributed by atoms with van der Waals surface area (Å²) in [6.07, 6.45) is -5.12. The Hall–Kier alpha value is -0.173. The largest absolute Gasteiger partial charge is 0.453 e. The Morgan fingerprint density at radius 3 is 1.61 bits per heavy atom. The van der Waals surface area contributed by atoms with Gasteiger partial charge in [0, 0.05) is 13.5 Å². The summed E-state index contributed by atoms with van der Waals surface area (Å²) in [5.41, 5.74) is 0. The molecule has 0 bridgehead atoms. The molecular weight excluding hydrogens is 271 g/mol. The number of alkyl halides is 5. The maximum Gasteiger partial charge on any atom is 0.453 e. The maximum atomic E-state index is 12.9. The summed E-state index contributed by atoms with van der Waals surface area (Å²) in [7, 11) is -1.00. The van der Waals surface area contributed by atoms with Crippen molar-refractivity contribution in [1.82, 2.24) is 0 Å². The number of hydrogen-bond acceptors (Lipinski definition) is 1. The zero-order valence-electron chi connectivity index (χ0n) is 11.0. The summed E-state index contributed by atoms with van der Waals surface area (Å²) in [4.78, 5) is 0. The van der Waals surface area contributed by atoms with Crippen LogP contribution in [0.1, 0.15) is 33.1 Å². The molecule has 0 aromatic heterocycles. The van der Waals surface area contributed by atoms with E-state index in [2.05, 4.69) is 0 Å². The third-order valence-corrected chi connectivity index (χ3v) is 8.00. The highest BCUT2D eigenvalue weighted by Gasteiger charge is 2.57. The van der Waals surface area contributed by atoms with Gasteiger partial charge in [-0.05, 0) is 18.1 Å². The normalized spacial score (nSPS) is 14.0. The molecule has 0 fully saturated rings. The van der Waals surface area contributed by atoms with Gasteiger partial charge in [-0.25, -0.2) is 0 Å². The fraction of sp³-hybridized carbons (Fsp3) is 1.00. The minimum Gasteiger partial charge on any atom is -0.420 e. The quantitative estimate of drug-likeness (QED) is 0.452. The van der Waals surface area contributed by atoms with Gasteiger partial charge in [0.25, 0.3) is 0 Å². The van der Waals surface area contributed by atoms with E-state index in [4.69, 9.17) is 4.43 Å². The first-order chi connectivity index (χ1) is 8.14. The molecule has 0 amide bonds. The second kappa shape index (κ2) is 6.84. The third kappa shape index (κ3) is 4.83. The van der Waals surface area contributed by atoms with Crippen LogP contribution in [0.4, 0.5) is 22.0 Å². The lowest BCUT2D eigenvalue weighted by molar-refractivity contribution is -0.282. The molecule has 0 N–H and O–H groups in total. The Morgan fingerprint density at radius 1 is 0.889 bits per heavy atom. The molecular formula is C11H21F5OSi. The van der Waals surface area contributed by atoms with E-state index >= 15 is 0 Å². The van der Waals surface area contributed by atoms with E-state index in [1.54, 1.807) is 0 Å². The van der Waals surface area contributed by atoms with Crippen molar-refractivity contribution in [2.24, 2.45) is 0 Å². The van der Waals surface area contributed by atoms with Crippen molar-refractivity contribution >= 4 is 8.32 Å². The van der Waals surface area contributed by atoms with E-state index in [-0.39, 0.29) is 6.04 Å². The fourth-order valence-corrected chi connectivity index (χ4v) is 6.07. The molecule has 0 aliphatic carbocycles. The highest BCUT2D eigenvalue weighted by molar-refractivity contribution is 6.73. The topological polar surface area (TPSA) is 9.23 Å². The van der Waals surface area contributed by atoms with Crippen LogP contribution in [0.3, 0.4) is 0 Å². The molecule has 0 atom stereocenters. The Bertz CT molecular complexity index is 236. The van der Waals surface area contributed by atoms with E-state index in [1.165, 1.54) is 7.11 Å². The van der Waals surface area contributed by atoms with Gasteiger partial charge in [0.05, 0.1) is 0 Å². The molecule has 0 aromatic rings. The molecule has 0 aromatic carbocycles. The van der Waals surface area contributed by atoms with Crippen LogP contribution in [0.15, 0.2) is 0 Å². The lowest BCUT2D eigenvalue weighted by atomic mass is 10.2. The molecule has 7 heteroatoms. The van der Waals surface area contributed by atoms with Gasteiger partial charge in [-0.3, -0.25) is 0 Å². The summed E-state index contributed by atoms with van der Waals surface area (Å²) >= 11 is 0. The number of rotatable bonds is 8. The molecule has 0 radical (unpaired) electrons. The van der Waals surface area contributed by atoms with Gasteiger partial charge < -0.3 is 4.43 Å². The zero-order chi connectivity index (χ0) is 14.4. The van der Waals surface area contributed by atoms with Crippen molar-refractivity contribution in [2.45, 2.75) is 63.3 Å². The summed E-state index contributed by atoms with van der Waals surface area (Å²) in [6.45, 7) is 3.77. The van der Waals surface area contributed by atoms with Crippen LogP contribution >= 0.6 is 0 Å². The number of hydrogen-bond donors (Lipinski definition) is 0. The molecule has 110 valence electrons. The molecule has 0 aliphatic heterocycles. The van der Waals surface area contributed by atoms with Crippen LogP contribution in [-0.2, 0) is 4.43 Å². The van der Waals surface area contributed by atoms with E-state index in [1.807, 2.05) is 13.8 Å². The van der Waals surface area contributed by atoms with Crippen molar-refractivity contribution < 1.29 is 26.4 Å². The minimum atomic E-state index is -5.46. The maximum absolute atomic E-state index is 12.9. The Morgan fingerprint density at radius 2 is 1.33 bits per heavy atom. The van der Waals surface area contributed by atoms with Crippen molar-refractivity contribution in [2.75, 3.05) is 7.11 Å². The molecule has 18 heavy (non-hydrogen) atoms. The predicted octanol–water partition coefficient (Wildman–Crippen LogP) is 4.99. The summed E-state index contributed by atoms with van der Waals surface area (Å²) in [5, 5.41) is 0. The smallest absolute Gasteiger partial charge is 0.420 e. The average Bonchev–Trinajstić information content (AvgIpc) is 2.25. The van der Waals surface area contributed by atoms with Gasteiger partial charge in [-0.1, -0.05) is 26.7 Å². The van der Waals surface area contributed by atoms with Crippen LogP contribution in [0.25, 0.3) is 0 Å². The number of halogens is 5. The fourth-order valence-electron chi connectivity index (χ4n) is 2.12. The van der Waals surface area contributed by atoms with E-state index in [0.29, 0.717) is 12.1 Å². The Balaban J connectivity index is 4.70. The van der Waals surface area contributed by atoms with E-state index < -0.39 is 26.8 Å². The van der Waals surface area contributed by atoms with Crippen LogP contribution < -0.4 is 0 Å². The molecule has 0 heterocycles. The lowest BCUT2D eigenvalue weighted by Gasteiger charge is -2.31. The molecule has 0 unspecified atom stereocenters. The third-order valence-electron chi connectivity index (χ3n) is 3.15. The van der Waals surface area contributed by atoms with E-state index in [9.17, 15) is 22.0 Å². The van der Waals surface area contributed by atoms with Crippen molar-refractivity contribution in [3.05, 3.63) is 0 Å². The van der Waals surface area contributed by atoms with Crippen LogP contribution in [0.5, 0.6) is 0 Å². The predicted molar refractivity (Wildman–Crippen MR) is 63.4 cm³/mol. The molecule has 0 saturated heterocycles. The highest BCUT2D eigenvalue weighted by Crippen LogP contribution is 2.41. The van der Waals surface area contributed by atoms with Crippen LogP contribution in [0.2, 0.25) is 18.1 Å². The standard InChI is InChI=1S/C11H21F5OSi/c1-4-7-18(17-3,8-5-2)9-6-10(12,13)11(14,15)16/h4-9H2,1-3H3. The van der Waals surface area contributed by atoms with Crippen LogP contribution in [0, 0.1) is 0 Å². The SMILES string of the molecule is CCC[Si](CCC)(CCC(F)(F)C(F)(F)F)OC.